The summed E-state index contributed by atoms with van der Waals surface area (Å²) in [6, 6.07) is 0. The van der Waals surface area contributed by atoms with Gasteiger partial charge in [-0.05, 0) is 25.2 Å². The van der Waals surface area contributed by atoms with E-state index in [9.17, 15) is 5.11 Å². The average Bonchev–Trinajstić information content (AvgIpc) is 2.75. The molecule has 1 aliphatic rings. The van der Waals surface area contributed by atoms with Crippen molar-refractivity contribution in [3.8, 4) is 0 Å². The molecule has 0 unspecified atom stereocenters. The van der Waals surface area contributed by atoms with Crippen LogP contribution in [0.5, 0.6) is 0 Å². The number of hydrogen-bond acceptors (Lipinski definition) is 4. The van der Waals surface area contributed by atoms with Gasteiger partial charge in [0.2, 0.25) is 0 Å². The summed E-state index contributed by atoms with van der Waals surface area (Å²) in [5.41, 5.74) is 0.862. The number of rotatable bonds is 4. The second-order valence-electron chi connectivity index (χ2n) is 4.64. The standard InChI is InChI=1S/C12H16N4O/c17-10-7-9(8-10)1-2-13-11-12-15-4-6-16(12)5-3-14-11/h3-6,9-10,17H,1-2,7-8H2,(H,13,14). The molecule has 0 saturated heterocycles. The molecule has 1 fully saturated rings. The van der Waals surface area contributed by atoms with Crippen molar-refractivity contribution in [3.05, 3.63) is 24.8 Å². The molecular formula is C12H16N4O. The van der Waals surface area contributed by atoms with Crippen LogP contribution in [0.25, 0.3) is 5.65 Å². The van der Waals surface area contributed by atoms with E-state index in [1.54, 1.807) is 12.4 Å². The second kappa shape index (κ2) is 4.33. The van der Waals surface area contributed by atoms with Gasteiger partial charge in [0, 0.05) is 31.3 Å². The number of aromatic nitrogens is 3. The van der Waals surface area contributed by atoms with Gasteiger partial charge in [0.05, 0.1) is 6.10 Å². The molecule has 0 amide bonds. The Kier molecular flexibility index (Phi) is 2.68. The van der Waals surface area contributed by atoms with Crippen LogP contribution in [-0.2, 0) is 0 Å². The van der Waals surface area contributed by atoms with Crippen molar-refractivity contribution in [2.45, 2.75) is 25.4 Å². The van der Waals surface area contributed by atoms with Crippen molar-refractivity contribution < 1.29 is 5.11 Å². The zero-order valence-electron chi connectivity index (χ0n) is 9.58. The molecule has 3 rings (SSSR count). The van der Waals surface area contributed by atoms with Gasteiger partial charge in [0.1, 0.15) is 0 Å². The zero-order chi connectivity index (χ0) is 11.7. The van der Waals surface area contributed by atoms with Gasteiger partial charge in [-0.1, -0.05) is 0 Å². The Bertz CT molecular complexity index is 504. The Balaban J connectivity index is 1.59. The van der Waals surface area contributed by atoms with Gasteiger partial charge < -0.3 is 14.8 Å². The lowest BCUT2D eigenvalue weighted by Crippen LogP contribution is -2.29. The van der Waals surface area contributed by atoms with Crippen molar-refractivity contribution in [1.82, 2.24) is 14.4 Å². The number of aliphatic hydroxyl groups is 1. The lowest BCUT2D eigenvalue weighted by Gasteiger charge is -2.31. The van der Waals surface area contributed by atoms with Crippen LogP contribution in [0, 0.1) is 5.92 Å². The molecule has 1 aliphatic carbocycles. The Morgan fingerprint density at radius 2 is 2.06 bits per heavy atom. The number of anilines is 1. The molecule has 17 heavy (non-hydrogen) atoms. The molecule has 0 spiro atoms. The number of hydrogen-bond donors (Lipinski definition) is 2. The van der Waals surface area contributed by atoms with Crippen molar-refractivity contribution in [2.24, 2.45) is 5.92 Å². The van der Waals surface area contributed by atoms with Crippen LogP contribution < -0.4 is 5.32 Å². The Morgan fingerprint density at radius 1 is 1.29 bits per heavy atom. The van der Waals surface area contributed by atoms with E-state index in [1.807, 2.05) is 16.8 Å². The van der Waals surface area contributed by atoms with E-state index in [0.29, 0.717) is 5.92 Å². The predicted octanol–water partition coefficient (Wildman–Crippen LogP) is 1.30. The van der Waals surface area contributed by atoms with Crippen molar-refractivity contribution in [2.75, 3.05) is 11.9 Å². The highest BCUT2D eigenvalue weighted by Gasteiger charge is 2.26. The van der Waals surface area contributed by atoms with Gasteiger partial charge in [0.25, 0.3) is 0 Å². The van der Waals surface area contributed by atoms with Gasteiger partial charge in [-0.15, -0.1) is 0 Å². The molecule has 0 aromatic carbocycles. The number of nitrogens with zero attached hydrogens (tertiary/aromatic N) is 3. The Labute approximate surface area is 99.5 Å². The summed E-state index contributed by atoms with van der Waals surface area (Å²) in [4.78, 5) is 8.55. The van der Waals surface area contributed by atoms with Crippen molar-refractivity contribution in [1.29, 1.82) is 0 Å². The third-order valence-electron chi connectivity index (χ3n) is 3.37. The molecule has 0 radical (unpaired) electrons. The number of nitrogens with one attached hydrogen (secondary N) is 1. The lowest BCUT2D eigenvalue weighted by molar-refractivity contribution is 0.0408. The monoisotopic (exact) mass is 232 g/mol. The van der Waals surface area contributed by atoms with Crippen molar-refractivity contribution in [3.63, 3.8) is 0 Å². The molecule has 2 N–H and O–H groups in total. The number of imidazole rings is 1. The van der Waals surface area contributed by atoms with Crippen LogP contribution >= 0.6 is 0 Å². The topological polar surface area (TPSA) is 62.5 Å². The number of fused-ring (bicyclic) bond motifs is 1. The van der Waals surface area contributed by atoms with E-state index in [0.717, 1.165) is 37.3 Å². The summed E-state index contributed by atoms with van der Waals surface area (Å²) < 4.78 is 1.95. The largest absolute Gasteiger partial charge is 0.393 e. The molecule has 90 valence electrons. The average molecular weight is 232 g/mol. The highest BCUT2D eigenvalue weighted by atomic mass is 16.3. The first-order valence-electron chi connectivity index (χ1n) is 6.02. The maximum atomic E-state index is 9.20. The summed E-state index contributed by atoms with van der Waals surface area (Å²) >= 11 is 0. The molecule has 0 atom stereocenters. The minimum atomic E-state index is -0.0612. The molecule has 5 nitrogen and oxygen atoms in total. The van der Waals surface area contributed by atoms with E-state index in [2.05, 4.69) is 15.3 Å². The summed E-state index contributed by atoms with van der Waals surface area (Å²) in [7, 11) is 0. The molecule has 2 aromatic heterocycles. The van der Waals surface area contributed by atoms with Crippen LogP contribution in [0.3, 0.4) is 0 Å². The molecular weight excluding hydrogens is 216 g/mol. The van der Waals surface area contributed by atoms with Crippen LogP contribution in [0.4, 0.5) is 5.82 Å². The Morgan fingerprint density at radius 3 is 2.82 bits per heavy atom. The van der Waals surface area contributed by atoms with Crippen LogP contribution in [0.1, 0.15) is 19.3 Å². The highest BCUT2D eigenvalue weighted by Crippen LogP contribution is 2.29. The molecule has 5 heteroatoms. The van der Waals surface area contributed by atoms with E-state index in [1.165, 1.54) is 0 Å². The lowest BCUT2D eigenvalue weighted by atomic mass is 9.80. The maximum Gasteiger partial charge on any atom is 0.180 e. The third kappa shape index (κ3) is 2.10. The summed E-state index contributed by atoms with van der Waals surface area (Å²) in [5.74, 6) is 1.49. The smallest absolute Gasteiger partial charge is 0.180 e. The van der Waals surface area contributed by atoms with Gasteiger partial charge >= 0.3 is 0 Å². The van der Waals surface area contributed by atoms with E-state index in [4.69, 9.17) is 0 Å². The van der Waals surface area contributed by atoms with E-state index in [-0.39, 0.29) is 6.10 Å². The van der Waals surface area contributed by atoms with Crippen LogP contribution in [-0.4, -0.2) is 32.1 Å². The van der Waals surface area contributed by atoms with Gasteiger partial charge in [0.15, 0.2) is 11.5 Å². The van der Waals surface area contributed by atoms with Gasteiger partial charge in [-0.25, -0.2) is 9.97 Å². The number of aliphatic hydroxyl groups excluding tert-OH is 1. The molecule has 0 aliphatic heterocycles. The first-order chi connectivity index (χ1) is 8.33. The first kappa shape index (κ1) is 10.5. The third-order valence-corrected chi connectivity index (χ3v) is 3.37. The van der Waals surface area contributed by atoms with Crippen LogP contribution in [0.2, 0.25) is 0 Å². The fraction of sp³-hybridized carbons (Fsp3) is 0.500. The SMILES string of the molecule is OC1CC(CCNc2nccn3ccnc23)C1. The van der Waals surface area contributed by atoms with Crippen molar-refractivity contribution >= 4 is 11.5 Å². The van der Waals surface area contributed by atoms with Crippen LogP contribution in [0.15, 0.2) is 24.8 Å². The summed E-state index contributed by atoms with van der Waals surface area (Å²) in [6.07, 6.45) is 10.2. The zero-order valence-corrected chi connectivity index (χ0v) is 9.58. The van der Waals surface area contributed by atoms with Gasteiger partial charge in [-0.2, -0.15) is 0 Å². The highest BCUT2D eigenvalue weighted by molar-refractivity contribution is 5.61. The fourth-order valence-electron chi connectivity index (χ4n) is 2.31. The minimum Gasteiger partial charge on any atom is -0.393 e. The molecule has 2 heterocycles. The van der Waals surface area contributed by atoms with E-state index >= 15 is 0 Å². The molecule has 0 bridgehead atoms. The van der Waals surface area contributed by atoms with Gasteiger partial charge in [-0.3, -0.25) is 0 Å². The minimum absolute atomic E-state index is 0.0612. The predicted molar refractivity (Wildman–Crippen MR) is 64.8 cm³/mol. The summed E-state index contributed by atoms with van der Waals surface area (Å²) in [5, 5.41) is 12.5. The maximum absolute atomic E-state index is 9.20. The quantitative estimate of drug-likeness (QED) is 0.834. The molecule has 1 saturated carbocycles. The summed E-state index contributed by atoms with van der Waals surface area (Å²) in [6.45, 7) is 0.886. The second-order valence-corrected chi connectivity index (χ2v) is 4.64. The first-order valence-corrected chi connectivity index (χ1v) is 6.02. The Hall–Kier alpha value is -1.62. The molecule has 2 aromatic rings. The van der Waals surface area contributed by atoms with E-state index < -0.39 is 0 Å². The normalized spacial score (nSPS) is 23.6. The fourth-order valence-corrected chi connectivity index (χ4v) is 2.31.